The van der Waals surface area contributed by atoms with Gasteiger partial charge in [-0.25, -0.2) is 12.8 Å². The van der Waals surface area contributed by atoms with Gasteiger partial charge in [0, 0.05) is 12.3 Å². The molecule has 0 radical (unpaired) electrons. The van der Waals surface area contributed by atoms with Gasteiger partial charge in [0.1, 0.15) is 15.7 Å². The highest BCUT2D eigenvalue weighted by Crippen LogP contribution is 2.17. The van der Waals surface area contributed by atoms with Gasteiger partial charge in [0.15, 0.2) is 0 Å². The molecule has 0 fully saturated rings. The second-order valence-corrected chi connectivity index (χ2v) is 6.50. The monoisotopic (exact) mass is 280 g/mol. The number of halogens is 2. The summed E-state index contributed by atoms with van der Waals surface area (Å²) < 4.78 is 35.2. The van der Waals surface area contributed by atoms with Gasteiger partial charge >= 0.3 is 0 Å². The molecule has 7 heteroatoms. The molecule has 0 bridgehead atoms. The lowest BCUT2D eigenvalue weighted by molar-refractivity contribution is 0.545. The SMILES string of the molecule is CS(=O)(=O)CC(Cc1ccc(F)c(Cl)c1)NN. The van der Waals surface area contributed by atoms with Crippen LogP contribution in [0, 0.1) is 5.82 Å². The first-order valence-electron chi connectivity index (χ1n) is 4.89. The van der Waals surface area contributed by atoms with Gasteiger partial charge in [-0.1, -0.05) is 17.7 Å². The van der Waals surface area contributed by atoms with Crippen molar-refractivity contribution in [2.75, 3.05) is 12.0 Å². The number of hydrogen-bond donors (Lipinski definition) is 2. The summed E-state index contributed by atoms with van der Waals surface area (Å²) in [5, 5.41) is 0.0117. The van der Waals surface area contributed by atoms with Crippen molar-refractivity contribution in [3.63, 3.8) is 0 Å². The van der Waals surface area contributed by atoms with Crippen molar-refractivity contribution in [1.29, 1.82) is 0 Å². The lowest BCUT2D eigenvalue weighted by atomic mass is 10.1. The second kappa shape index (κ2) is 5.77. The Kier molecular flexibility index (Phi) is 4.88. The van der Waals surface area contributed by atoms with Crippen LogP contribution in [-0.4, -0.2) is 26.5 Å². The number of benzene rings is 1. The summed E-state index contributed by atoms with van der Waals surface area (Å²) in [6.07, 6.45) is 1.50. The molecule has 0 saturated heterocycles. The van der Waals surface area contributed by atoms with Crippen molar-refractivity contribution in [1.82, 2.24) is 5.43 Å². The molecule has 1 aromatic carbocycles. The topological polar surface area (TPSA) is 72.2 Å². The minimum Gasteiger partial charge on any atom is -0.271 e. The predicted molar refractivity (Wildman–Crippen MR) is 65.9 cm³/mol. The van der Waals surface area contributed by atoms with Gasteiger partial charge in [-0.2, -0.15) is 0 Å². The summed E-state index contributed by atoms with van der Waals surface area (Å²) in [7, 11) is -3.12. The zero-order chi connectivity index (χ0) is 13.1. The summed E-state index contributed by atoms with van der Waals surface area (Å²) in [4.78, 5) is 0. The predicted octanol–water partition coefficient (Wildman–Crippen LogP) is 0.898. The van der Waals surface area contributed by atoms with Crippen LogP contribution in [0.2, 0.25) is 5.02 Å². The van der Waals surface area contributed by atoms with E-state index in [1.807, 2.05) is 0 Å². The summed E-state index contributed by atoms with van der Waals surface area (Å²) in [6.45, 7) is 0. The van der Waals surface area contributed by atoms with E-state index in [-0.39, 0.29) is 10.8 Å². The van der Waals surface area contributed by atoms with E-state index in [2.05, 4.69) is 5.43 Å². The third-order valence-corrected chi connectivity index (χ3v) is 3.50. The summed E-state index contributed by atoms with van der Waals surface area (Å²) in [5.74, 6) is 4.69. The van der Waals surface area contributed by atoms with E-state index in [4.69, 9.17) is 17.4 Å². The van der Waals surface area contributed by atoms with E-state index < -0.39 is 21.7 Å². The minimum absolute atomic E-state index is 0.0117. The molecule has 0 spiro atoms. The molecule has 3 N–H and O–H groups in total. The van der Waals surface area contributed by atoms with E-state index in [9.17, 15) is 12.8 Å². The summed E-state index contributed by atoms with van der Waals surface area (Å²) in [5.41, 5.74) is 3.15. The second-order valence-electron chi connectivity index (χ2n) is 3.91. The van der Waals surface area contributed by atoms with Gasteiger partial charge in [-0.05, 0) is 24.1 Å². The molecule has 96 valence electrons. The van der Waals surface area contributed by atoms with Crippen molar-refractivity contribution < 1.29 is 12.8 Å². The molecule has 0 amide bonds. The number of hydrazine groups is 1. The Bertz CT molecular complexity index is 493. The van der Waals surface area contributed by atoms with Crippen molar-refractivity contribution in [3.8, 4) is 0 Å². The minimum atomic E-state index is -3.12. The highest BCUT2D eigenvalue weighted by molar-refractivity contribution is 7.90. The lowest BCUT2D eigenvalue weighted by Crippen LogP contribution is -2.41. The average molecular weight is 281 g/mol. The van der Waals surface area contributed by atoms with Crippen LogP contribution in [0.3, 0.4) is 0 Å². The molecule has 1 aromatic rings. The number of nitrogens with one attached hydrogen (secondary N) is 1. The van der Waals surface area contributed by atoms with Gasteiger partial charge in [-0.15, -0.1) is 0 Å². The molecule has 0 aliphatic rings. The molecule has 0 heterocycles. The summed E-state index contributed by atoms with van der Waals surface area (Å²) in [6, 6.07) is 3.83. The molecule has 0 aliphatic carbocycles. The van der Waals surface area contributed by atoms with Gasteiger partial charge in [0.2, 0.25) is 0 Å². The average Bonchev–Trinajstić information content (AvgIpc) is 2.20. The fraction of sp³-hybridized carbons (Fsp3) is 0.400. The quantitative estimate of drug-likeness (QED) is 0.621. The Hall–Kier alpha value is -0.690. The van der Waals surface area contributed by atoms with Crippen LogP contribution in [0.15, 0.2) is 18.2 Å². The lowest BCUT2D eigenvalue weighted by Gasteiger charge is -2.14. The van der Waals surface area contributed by atoms with E-state index in [0.29, 0.717) is 6.42 Å². The number of sulfone groups is 1. The third-order valence-electron chi connectivity index (χ3n) is 2.21. The van der Waals surface area contributed by atoms with Crippen molar-refractivity contribution in [3.05, 3.63) is 34.6 Å². The van der Waals surface area contributed by atoms with Gasteiger partial charge in [0.05, 0.1) is 10.8 Å². The van der Waals surface area contributed by atoms with E-state index in [1.54, 1.807) is 6.07 Å². The van der Waals surface area contributed by atoms with Crippen LogP contribution in [0.1, 0.15) is 5.56 Å². The molecule has 0 aliphatic heterocycles. The van der Waals surface area contributed by atoms with Crippen LogP contribution in [-0.2, 0) is 16.3 Å². The van der Waals surface area contributed by atoms with Crippen LogP contribution in [0.5, 0.6) is 0 Å². The number of nitrogens with two attached hydrogens (primary N) is 1. The number of hydrogen-bond acceptors (Lipinski definition) is 4. The molecule has 17 heavy (non-hydrogen) atoms. The summed E-state index contributed by atoms with van der Waals surface area (Å²) >= 11 is 5.63. The van der Waals surface area contributed by atoms with Crippen molar-refractivity contribution in [2.45, 2.75) is 12.5 Å². The first-order valence-corrected chi connectivity index (χ1v) is 7.33. The van der Waals surface area contributed by atoms with Gasteiger partial charge < -0.3 is 0 Å². The van der Waals surface area contributed by atoms with E-state index in [0.717, 1.165) is 11.8 Å². The van der Waals surface area contributed by atoms with E-state index in [1.165, 1.54) is 12.1 Å². The molecular weight excluding hydrogens is 267 g/mol. The Balaban J connectivity index is 2.77. The van der Waals surface area contributed by atoms with Crippen LogP contribution in [0.4, 0.5) is 4.39 Å². The largest absolute Gasteiger partial charge is 0.271 e. The molecule has 1 unspecified atom stereocenters. The Labute approximate surface area is 105 Å². The third kappa shape index (κ3) is 4.99. The molecule has 4 nitrogen and oxygen atoms in total. The van der Waals surface area contributed by atoms with Crippen molar-refractivity contribution in [2.24, 2.45) is 5.84 Å². The molecule has 1 rings (SSSR count). The smallest absolute Gasteiger partial charge is 0.149 e. The maximum Gasteiger partial charge on any atom is 0.149 e. The Morgan fingerprint density at radius 3 is 2.65 bits per heavy atom. The van der Waals surface area contributed by atoms with Crippen LogP contribution < -0.4 is 11.3 Å². The first-order chi connectivity index (χ1) is 7.81. The molecule has 0 aromatic heterocycles. The standard InChI is InChI=1S/C10H14ClFN2O2S/c1-17(15,16)6-8(14-13)4-7-2-3-10(12)9(11)5-7/h2-3,5,8,14H,4,6,13H2,1H3. The highest BCUT2D eigenvalue weighted by atomic mass is 35.5. The number of rotatable bonds is 5. The highest BCUT2D eigenvalue weighted by Gasteiger charge is 2.15. The normalized spacial score (nSPS) is 13.6. The molecular formula is C10H14ClFN2O2S. The van der Waals surface area contributed by atoms with Gasteiger partial charge in [0.25, 0.3) is 0 Å². The fourth-order valence-corrected chi connectivity index (χ4v) is 2.63. The Morgan fingerprint density at radius 1 is 1.53 bits per heavy atom. The van der Waals surface area contributed by atoms with Crippen LogP contribution >= 0.6 is 11.6 Å². The van der Waals surface area contributed by atoms with E-state index >= 15 is 0 Å². The maximum absolute atomic E-state index is 12.9. The van der Waals surface area contributed by atoms with Crippen molar-refractivity contribution >= 4 is 21.4 Å². The Morgan fingerprint density at radius 2 is 2.18 bits per heavy atom. The van der Waals surface area contributed by atoms with Crippen LogP contribution in [0.25, 0.3) is 0 Å². The molecule has 0 saturated carbocycles. The zero-order valence-corrected chi connectivity index (χ0v) is 10.9. The molecule has 1 atom stereocenters. The fourth-order valence-electron chi connectivity index (χ4n) is 1.48. The maximum atomic E-state index is 12.9. The van der Waals surface area contributed by atoms with Gasteiger partial charge in [-0.3, -0.25) is 11.3 Å². The first kappa shape index (κ1) is 14.4. The zero-order valence-electron chi connectivity index (χ0n) is 9.28.